The van der Waals surface area contributed by atoms with Crippen molar-refractivity contribution in [1.29, 1.82) is 0 Å². The first-order chi connectivity index (χ1) is 14.1. The van der Waals surface area contributed by atoms with Crippen LogP contribution in [0.5, 0.6) is 0 Å². The van der Waals surface area contributed by atoms with Crippen LogP contribution in [0.4, 0.5) is 4.39 Å². The standard InChI is InChI=1S/C21H18FN5OS/c1-3-10-27-20(15-6-8-16(22)9-7-15)24-25-21(27)29-13-17-12-18(28)26-11-4-5-14(2)19(26)23-17/h3-9,11-12H,1,10,13H2,2H3. The highest BCUT2D eigenvalue weighted by Crippen LogP contribution is 2.26. The van der Waals surface area contributed by atoms with E-state index in [9.17, 15) is 9.18 Å². The van der Waals surface area contributed by atoms with Gasteiger partial charge in [-0.1, -0.05) is 23.9 Å². The molecule has 0 saturated heterocycles. The molecule has 146 valence electrons. The Morgan fingerprint density at radius 2 is 2.00 bits per heavy atom. The monoisotopic (exact) mass is 407 g/mol. The van der Waals surface area contributed by atoms with E-state index in [2.05, 4.69) is 21.8 Å². The van der Waals surface area contributed by atoms with Crippen LogP contribution in [0, 0.1) is 12.7 Å². The topological polar surface area (TPSA) is 65.1 Å². The molecule has 3 aromatic heterocycles. The van der Waals surface area contributed by atoms with Crippen molar-refractivity contribution in [2.24, 2.45) is 0 Å². The summed E-state index contributed by atoms with van der Waals surface area (Å²) in [6.07, 6.45) is 3.47. The van der Waals surface area contributed by atoms with Crippen molar-refractivity contribution < 1.29 is 4.39 Å². The molecule has 1 aromatic carbocycles. The lowest BCUT2D eigenvalue weighted by Gasteiger charge is -2.08. The Labute approximate surface area is 170 Å². The van der Waals surface area contributed by atoms with Gasteiger partial charge in [-0.3, -0.25) is 13.8 Å². The zero-order valence-corrected chi connectivity index (χ0v) is 16.6. The molecule has 0 aliphatic rings. The lowest BCUT2D eigenvalue weighted by Crippen LogP contribution is -2.15. The fraction of sp³-hybridized carbons (Fsp3) is 0.143. The molecule has 29 heavy (non-hydrogen) atoms. The number of nitrogens with zero attached hydrogens (tertiary/aromatic N) is 5. The lowest BCUT2D eigenvalue weighted by molar-refractivity contribution is 0.628. The van der Waals surface area contributed by atoms with Gasteiger partial charge in [0.05, 0.1) is 5.69 Å². The summed E-state index contributed by atoms with van der Waals surface area (Å²) in [5.41, 5.74) is 2.91. The third kappa shape index (κ3) is 3.84. The van der Waals surface area contributed by atoms with Crippen LogP contribution in [-0.4, -0.2) is 24.1 Å². The summed E-state index contributed by atoms with van der Waals surface area (Å²) in [6, 6.07) is 11.4. The van der Waals surface area contributed by atoms with E-state index < -0.39 is 0 Å². The van der Waals surface area contributed by atoms with Crippen molar-refractivity contribution in [1.82, 2.24) is 24.1 Å². The van der Waals surface area contributed by atoms with E-state index in [1.807, 2.05) is 23.6 Å². The molecule has 0 bridgehead atoms. The molecule has 4 rings (SSSR count). The fourth-order valence-electron chi connectivity index (χ4n) is 3.02. The molecule has 8 heteroatoms. The molecule has 0 aliphatic carbocycles. The number of halogens is 1. The van der Waals surface area contributed by atoms with Gasteiger partial charge in [-0.15, -0.1) is 16.8 Å². The Morgan fingerprint density at radius 1 is 1.21 bits per heavy atom. The maximum atomic E-state index is 13.2. The molecule has 6 nitrogen and oxygen atoms in total. The molecule has 4 aromatic rings. The van der Waals surface area contributed by atoms with Crippen LogP contribution in [0.25, 0.3) is 17.0 Å². The van der Waals surface area contributed by atoms with Crippen LogP contribution in [0.3, 0.4) is 0 Å². The summed E-state index contributed by atoms with van der Waals surface area (Å²) >= 11 is 1.44. The van der Waals surface area contributed by atoms with Crippen LogP contribution in [0.1, 0.15) is 11.3 Å². The van der Waals surface area contributed by atoms with Gasteiger partial charge in [-0.25, -0.2) is 9.37 Å². The smallest absolute Gasteiger partial charge is 0.258 e. The van der Waals surface area contributed by atoms with Gasteiger partial charge in [0.25, 0.3) is 5.56 Å². The first-order valence-electron chi connectivity index (χ1n) is 8.97. The number of aromatic nitrogens is 5. The van der Waals surface area contributed by atoms with Crippen LogP contribution in [0.15, 0.2) is 71.3 Å². The van der Waals surface area contributed by atoms with Gasteiger partial charge in [-0.2, -0.15) is 0 Å². The Bertz CT molecular complexity index is 1250. The van der Waals surface area contributed by atoms with Crippen molar-refractivity contribution in [2.45, 2.75) is 24.4 Å². The second-order valence-electron chi connectivity index (χ2n) is 6.47. The van der Waals surface area contributed by atoms with Gasteiger partial charge in [0.2, 0.25) is 0 Å². The third-order valence-electron chi connectivity index (χ3n) is 4.42. The molecule has 0 radical (unpaired) electrons. The van der Waals surface area contributed by atoms with Crippen molar-refractivity contribution in [3.63, 3.8) is 0 Å². The number of benzene rings is 1. The average molecular weight is 407 g/mol. The Hall–Kier alpha value is -3.26. The maximum Gasteiger partial charge on any atom is 0.258 e. The quantitative estimate of drug-likeness (QED) is 0.359. The second kappa shape index (κ2) is 8.00. The number of aryl methyl sites for hydroxylation is 1. The predicted molar refractivity (Wildman–Crippen MR) is 111 cm³/mol. The second-order valence-corrected chi connectivity index (χ2v) is 7.41. The van der Waals surface area contributed by atoms with Gasteiger partial charge in [0.15, 0.2) is 11.0 Å². The Kier molecular flexibility index (Phi) is 5.26. The molecule has 0 N–H and O–H groups in total. The lowest BCUT2D eigenvalue weighted by atomic mass is 10.2. The highest BCUT2D eigenvalue weighted by molar-refractivity contribution is 7.98. The molecule has 0 atom stereocenters. The number of rotatable bonds is 6. The third-order valence-corrected chi connectivity index (χ3v) is 5.42. The van der Waals surface area contributed by atoms with Gasteiger partial charge >= 0.3 is 0 Å². The summed E-state index contributed by atoms with van der Waals surface area (Å²) in [5, 5.41) is 9.22. The van der Waals surface area contributed by atoms with Crippen LogP contribution in [0.2, 0.25) is 0 Å². The Balaban J connectivity index is 1.64. The van der Waals surface area contributed by atoms with Gasteiger partial charge < -0.3 is 0 Å². The normalized spacial score (nSPS) is 11.1. The zero-order valence-electron chi connectivity index (χ0n) is 15.7. The number of fused-ring (bicyclic) bond motifs is 1. The van der Waals surface area contributed by atoms with Crippen molar-refractivity contribution in [3.8, 4) is 11.4 Å². The van der Waals surface area contributed by atoms with Crippen LogP contribution >= 0.6 is 11.8 Å². The molecule has 3 heterocycles. The van der Waals surface area contributed by atoms with E-state index in [0.29, 0.717) is 34.6 Å². The van der Waals surface area contributed by atoms with E-state index in [0.717, 1.165) is 11.1 Å². The van der Waals surface area contributed by atoms with Crippen molar-refractivity contribution in [3.05, 3.63) is 88.7 Å². The minimum Gasteiger partial charge on any atom is -0.298 e. The molecule has 0 unspecified atom stereocenters. The summed E-state index contributed by atoms with van der Waals surface area (Å²) in [7, 11) is 0. The van der Waals surface area contributed by atoms with E-state index in [4.69, 9.17) is 0 Å². The van der Waals surface area contributed by atoms with Crippen LogP contribution in [-0.2, 0) is 12.3 Å². The first kappa shape index (κ1) is 19.1. The number of allylic oxidation sites excluding steroid dienone is 1. The number of pyridine rings is 1. The van der Waals surface area contributed by atoms with Crippen LogP contribution < -0.4 is 5.56 Å². The van der Waals surface area contributed by atoms with Gasteiger partial charge in [0.1, 0.15) is 11.5 Å². The highest BCUT2D eigenvalue weighted by Gasteiger charge is 2.14. The molecule has 0 aliphatic heterocycles. The summed E-state index contributed by atoms with van der Waals surface area (Å²) < 4.78 is 16.7. The molecule has 0 amide bonds. The summed E-state index contributed by atoms with van der Waals surface area (Å²) in [5.74, 6) is 0.801. The average Bonchev–Trinajstić information content (AvgIpc) is 3.11. The predicted octanol–water partition coefficient (Wildman–Crippen LogP) is 3.88. The zero-order chi connectivity index (χ0) is 20.4. The molecule has 0 saturated carbocycles. The maximum absolute atomic E-state index is 13.2. The molecular weight excluding hydrogens is 389 g/mol. The summed E-state index contributed by atoms with van der Waals surface area (Å²) in [6.45, 7) is 6.23. The van der Waals surface area contributed by atoms with Gasteiger partial charge in [-0.05, 0) is 42.8 Å². The van der Waals surface area contributed by atoms with Gasteiger partial charge in [0, 0.05) is 30.1 Å². The minimum absolute atomic E-state index is 0.117. The molecule has 0 fully saturated rings. The number of hydrogen-bond acceptors (Lipinski definition) is 5. The Morgan fingerprint density at radius 3 is 2.76 bits per heavy atom. The van der Waals surface area contributed by atoms with E-state index in [1.165, 1.54) is 34.4 Å². The SMILES string of the molecule is C=CCn1c(SCc2cc(=O)n3cccc(C)c3n2)nnc1-c1ccc(F)cc1. The highest BCUT2D eigenvalue weighted by atomic mass is 32.2. The number of hydrogen-bond donors (Lipinski definition) is 0. The minimum atomic E-state index is -0.304. The molecular formula is C21H18FN5OS. The molecule has 0 spiro atoms. The van der Waals surface area contributed by atoms with E-state index in [-0.39, 0.29) is 11.4 Å². The van der Waals surface area contributed by atoms with E-state index in [1.54, 1.807) is 24.4 Å². The van der Waals surface area contributed by atoms with Crippen molar-refractivity contribution in [2.75, 3.05) is 0 Å². The number of thioether (sulfide) groups is 1. The van der Waals surface area contributed by atoms with Crippen molar-refractivity contribution >= 4 is 17.4 Å². The fourth-order valence-corrected chi connectivity index (χ4v) is 3.86. The van der Waals surface area contributed by atoms with E-state index >= 15 is 0 Å². The largest absolute Gasteiger partial charge is 0.298 e. The first-order valence-corrected chi connectivity index (χ1v) is 9.96. The summed E-state index contributed by atoms with van der Waals surface area (Å²) in [4.78, 5) is 17.0.